The van der Waals surface area contributed by atoms with Gasteiger partial charge in [0.15, 0.2) is 0 Å². The normalized spacial score (nSPS) is 10.2. The van der Waals surface area contributed by atoms with E-state index in [1.807, 2.05) is 42.7 Å². The molecule has 19 heavy (non-hydrogen) atoms. The highest BCUT2D eigenvalue weighted by molar-refractivity contribution is 7.98. The van der Waals surface area contributed by atoms with Crippen molar-refractivity contribution in [1.82, 2.24) is 0 Å². The second-order valence-electron chi connectivity index (χ2n) is 4.12. The fraction of sp³-hybridized carbons (Fsp3) is 0.133. The molecule has 0 atom stereocenters. The average molecular weight is 272 g/mol. The minimum absolute atomic E-state index is 0.0561. The number of carbonyl (C=O) groups is 1. The number of amides is 1. The van der Waals surface area contributed by atoms with Gasteiger partial charge in [-0.15, -0.1) is 11.8 Å². The number of hydrogen-bond acceptors (Lipinski definition) is 3. The predicted molar refractivity (Wildman–Crippen MR) is 81.4 cm³/mol. The molecule has 2 aromatic rings. The number of benzene rings is 2. The fourth-order valence-electron chi connectivity index (χ4n) is 1.83. The second-order valence-corrected chi connectivity index (χ2v) is 4.97. The van der Waals surface area contributed by atoms with Crippen LogP contribution < -0.4 is 11.1 Å². The number of para-hydroxylation sites is 2. The average Bonchev–Trinajstić information content (AvgIpc) is 2.42. The minimum Gasteiger partial charge on any atom is -0.397 e. The van der Waals surface area contributed by atoms with Gasteiger partial charge in [-0.3, -0.25) is 4.79 Å². The summed E-state index contributed by atoms with van der Waals surface area (Å²) in [6.07, 6.45) is 2.36. The number of nitrogens with two attached hydrogens (primary N) is 1. The van der Waals surface area contributed by atoms with Gasteiger partial charge >= 0.3 is 0 Å². The number of thioether (sulfide) groups is 1. The van der Waals surface area contributed by atoms with E-state index in [9.17, 15) is 4.79 Å². The molecule has 0 saturated carbocycles. The van der Waals surface area contributed by atoms with Gasteiger partial charge < -0.3 is 11.1 Å². The summed E-state index contributed by atoms with van der Waals surface area (Å²) in [5.41, 5.74) is 8.07. The summed E-state index contributed by atoms with van der Waals surface area (Å²) < 4.78 is 0. The molecule has 98 valence electrons. The predicted octanol–water partition coefficient (Wildman–Crippen LogP) is 3.17. The third-order valence-corrected chi connectivity index (χ3v) is 3.62. The molecule has 1 amide bonds. The summed E-state index contributed by atoms with van der Waals surface area (Å²) in [6.45, 7) is 0. The minimum atomic E-state index is -0.0561. The Hall–Kier alpha value is -1.94. The molecule has 0 unspecified atom stereocenters. The first-order chi connectivity index (χ1) is 9.20. The van der Waals surface area contributed by atoms with Gasteiger partial charge in [-0.1, -0.05) is 30.3 Å². The van der Waals surface area contributed by atoms with E-state index in [2.05, 4.69) is 5.32 Å². The summed E-state index contributed by atoms with van der Waals surface area (Å²) in [5.74, 6) is -0.0561. The quantitative estimate of drug-likeness (QED) is 0.664. The van der Waals surface area contributed by atoms with E-state index in [0.717, 1.165) is 10.5 Å². The van der Waals surface area contributed by atoms with Crippen molar-refractivity contribution in [2.75, 3.05) is 17.3 Å². The summed E-state index contributed by atoms with van der Waals surface area (Å²) in [5, 5.41) is 2.84. The van der Waals surface area contributed by atoms with E-state index in [4.69, 9.17) is 5.73 Å². The van der Waals surface area contributed by atoms with Gasteiger partial charge in [0.2, 0.25) is 5.91 Å². The van der Waals surface area contributed by atoms with Gasteiger partial charge in [0.25, 0.3) is 0 Å². The Kier molecular flexibility index (Phi) is 4.47. The van der Waals surface area contributed by atoms with Crippen LogP contribution in [0.5, 0.6) is 0 Å². The van der Waals surface area contributed by atoms with E-state index in [-0.39, 0.29) is 5.91 Å². The zero-order valence-electron chi connectivity index (χ0n) is 10.7. The van der Waals surface area contributed by atoms with Gasteiger partial charge in [0.1, 0.15) is 0 Å². The second kappa shape index (κ2) is 6.29. The number of nitrogens with one attached hydrogen (secondary N) is 1. The molecule has 0 radical (unpaired) electrons. The third kappa shape index (κ3) is 3.51. The van der Waals surface area contributed by atoms with Crippen LogP contribution in [-0.2, 0) is 11.2 Å². The Morgan fingerprint density at radius 1 is 1.16 bits per heavy atom. The maximum absolute atomic E-state index is 12.0. The van der Waals surface area contributed by atoms with Crippen molar-refractivity contribution < 1.29 is 4.79 Å². The number of anilines is 2. The van der Waals surface area contributed by atoms with Crippen LogP contribution in [0, 0.1) is 0 Å². The van der Waals surface area contributed by atoms with Crippen molar-refractivity contribution in [3.8, 4) is 0 Å². The SMILES string of the molecule is CSc1ccccc1CC(=O)Nc1ccccc1N. The van der Waals surface area contributed by atoms with Gasteiger partial charge in [-0.25, -0.2) is 0 Å². The van der Waals surface area contributed by atoms with E-state index >= 15 is 0 Å². The van der Waals surface area contributed by atoms with Crippen LogP contribution in [0.2, 0.25) is 0 Å². The molecule has 0 aliphatic heterocycles. The van der Waals surface area contributed by atoms with E-state index in [1.165, 1.54) is 0 Å². The van der Waals surface area contributed by atoms with Gasteiger partial charge in [0.05, 0.1) is 17.8 Å². The highest BCUT2D eigenvalue weighted by Crippen LogP contribution is 2.21. The van der Waals surface area contributed by atoms with E-state index in [1.54, 1.807) is 23.9 Å². The van der Waals surface area contributed by atoms with Crippen LogP contribution in [0.4, 0.5) is 11.4 Å². The lowest BCUT2D eigenvalue weighted by Crippen LogP contribution is -2.15. The zero-order valence-corrected chi connectivity index (χ0v) is 11.5. The number of rotatable bonds is 4. The van der Waals surface area contributed by atoms with Gasteiger partial charge in [-0.05, 0) is 30.0 Å². The highest BCUT2D eigenvalue weighted by Gasteiger charge is 2.08. The first-order valence-corrected chi connectivity index (χ1v) is 7.19. The topological polar surface area (TPSA) is 55.1 Å². The molecule has 0 fully saturated rings. The summed E-state index contributed by atoms with van der Waals surface area (Å²) in [7, 11) is 0. The van der Waals surface area contributed by atoms with E-state index < -0.39 is 0 Å². The first kappa shape index (κ1) is 13.5. The van der Waals surface area contributed by atoms with Crippen LogP contribution in [0.1, 0.15) is 5.56 Å². The van der Waals surface area contributed by atoms with Crippen molar-refractivity contribution in [2.24, 2.45) is 0 Å². The molecular weight excluding hydrogens is 256 g/mol. The zero-order chi connectivity index (χ0) is 13.7. The summed E-state index contributed by atoms with van der Waals surface area (Å²) in [6, 6.07) is 15.2. The van der Waals surface area contributed by atoms with Crippen molar-refractivity contribution in [1.29, 1.82) is 0 Å². The molecule has 2 rings (SSSR count). The monoisotopic (exact) mass is 272 g/mol. The van der Waals surface area contributed by atoms with Crippen molar-refractivity contribution >= 4 is 29.0 Å². The lowest BCUT2D eigenvalue weighted by molar-refractivity contribution is -0.115. The molecule has 0 aromatic heterocycles. The molecular formula is C15H16N2OS. The Morgan fingerprint density at radius 3 is 2.58 bits per heavy atom. The standard InChI is InChI=1S/C15H16N2OS/c1-19-14-9-5-2-6-11(14)10-15(18)17-13-8-4-3-7-12(13)16/h2-9H,10,16H2,1H3,(H,17,18). The molecule has 0 bridgehead atoms. The van der Waals surface area contributed by atoms with Crippen molar-refractivity contribution in [3.05, 3.63) is 54.1 Å². The third-order valence-electron chi connectivity index (χ3n) is 2.78. The van der Waals surface area contributed by atoms with Crippen LogP contribution in [0.3, 0.4) is 0 Å². The molecule has 3 N–H and O–H groups in total. The Bertz CT molecular complexity index is 584. The van der Waals surface area contributed by atoms with Crippen LogP contribution in [-0.4, -0.2) is 12.2 Å². The van der Waals surface area contributed by atoms with Crippen LogP contribution in [0.25, 0.3) is 0 Å². The van der Waals surface area contributed by atoms with E-state index in [0.29, 0.717) is 17.8 Å². The summed E-state index contributed by atoms with van der Waals surface area (Å²) >= 11 is 1.64. The number of carbonyl (C=O) groups excluding carboxylic acids is 1. The molecule has 2 aromatic carbocycles. The Labute approximate surface area is 117 Å². The molecule has 0 saturated heterocycles. The maximum Gasteiger partial charge on any atom is 0.228 e. The highest BCUT2D eigenvalue weighted by atomic mass is 32.2. The van der Waals surface area contributed by atoms with Crippen molar-refractivity contribution in [2.45, 2.75) is 11.3 Å². The Balaban J connectivity index is 2.08. The number of nitrogen functional groups attached to an aromatic ring is 1. The lowest BCUT2D eigenvalue weighted by atomic mass is 10.1. The molecule has 3 nitrogen and oxygen atoms in total. The molecule has 0 heterocycles. The Morgan fingerprint density at radius 2 is 1.84 bits per heavy atom. The van der Waals surface area contributed by atoms with Crippen LogP contribution >= 0.6 is 11.8 Å². The first-order valence-electron chi connectivity index (χ1n) is 5.97. The smallest absolute Gasteiger partial charge is 0.228 e. The summed E-state index contributed by atoms with van der Waals surface area (Å²) in [4.78, 5) is 13.2. The molecule has 0 aliphatic rings. The fourth-order valence-corrected chi connectivity index (χ4v) is 2.44. The lowest BCUT2D eigenvalue weighted by Gasteiger charge is -2.09. The van der Waals surface area contributed by atoms with Gasteiger partial charge in [-0.2, -0.15) is 0 Å². The number of hydrogen-bond donors (Lipinski definition) is 2. The van der Waals surface area contributed by atoms with Crippen molar-refractivity contribution in [3.63, 3.8) is 0 Å². The van der Waals surface area contributed by atoms with Gasteiger partial charge in [0, 0.05) is 4.90 Å². The van der Waals surface area contributed by atoms with Crippen LogP contribution in [0.15, 0.2) is 53.4 Å². The maximum atomic E-state index is 12.0. The molecule has 0 spiro atoms. The largest absolute Gasteiger partial charge is 0.397 e. The molecule has 0 aliphatic carbocycles. The molecule has 4 heteroatoms.